The van der Waals surface area contributed by atoms with Crippen LogP contribution in [0.25, 0.3) is 0 Å². The number of anilines is 1. The topological polar surface area (TPSA) is 108 Å². The molecule has 0 spiro atoms. The van der Waals surface area contributed by atoms with Gasteiger partial charge in [0.25, 0.3) is 5.91 Å². The van der Waals surface area contributed by atoms with Crippen LogP contribution in [0.1, 0.15) is 18.3 Å². The van der Waals surface area contributed by atoms with Crippen molar-refractivity contribution in [1.29, 1.82) is 0 Å². The van der Waals surface area contributed by atoms with Crippen LogP contribution in [0.2, 0.25) is 0 Å². The molecule has 21 heavy (non-hydrogen) atoms. The first kappa shape index (κ1) is 14.7. The molecule has 1 N–H and O–H groups in total. The molecule has 2 heterocycles. The maximum absolute atomic E-state index is 12.0. The maximum atomic E-state index is 12.0. The van der Waals surface area contributed by atoms with Gasteiger partial charge < -0.3 is 15.4 Å². The number of carbonyl (C=O) groups excluding carboxylic acids is 1. The lowest BCUT2D eigenvalue weighted by atomic mass is 10.4. The molecule has 0 fully saturated rings. The zero-order chi connectivity index (χ0) is 15.6. The first-order chi connectivity index (χ1) is 9.92. The summed E-state index contributed by atoms with van der Waals surface area (Å²) in [7, 11) is 0. The second-order valence-electron chi connectivity index (χ2n) is 4.57. The van der Waals surface area contributed by atoms with Crippen LogP contribution in [0.15, 0.2) is 12.3 Å². The molecule has 2 aromatic heterocycles. The molecule has 1 amide bonds. The smallest absolute Gasteiger partial charge is 0.345 e. The number of hydrogen-bond donors (Lipinski definition) is 1. The Labute approximate surface area is 120 Å². The lowest BCUT2D eigenvalue weighted by molar-refractivity contribution is -0.392. The molecule has 0 saturated carbocycles. The van der Waals surface area contributed by atoms with E-state index in [1.807, 2.05) is 13.8 Å². The molecule has 0 aromatic carbocycles. The van der Waals surface area contributed by atoms with Crippen LogP contribution in [-0.4, -0.2) is 30.4 Å². The van der Waals surface area contributed by atoms with Crippen molar-refractivity contribution >= 4 is 17.4 Å². The fourth-order valence-electron chi connectivity index (χ4n) is 2.01. The molecule has 0 bridgehead atoms. The Hall–Kier alpha value is -2.71. The summed E-state index contributed by atoms with van der Waals surface area (Å²) >= 11 is 0. The normalized spacial score (nSPS) is 10.6. The summed E-state index contributed by atoms with van der Waals surface area (Å²) in [5.41, 5.74) is 1.91. The zero-order valence-corrected chi connectivity index (χ0v) is 12.0. The molecule has 0 aliphatic heterocycles. The van der Waals surface area contributed by atoms with E-state index in [1.54, 1.807) is 17.8 Å². The number of amides is 1. The Kier molecular flexibility index (Phi) is 4.01. The Morgan fingerprint density at radius 1 is 1.43 bits per heavy atom. The average Bonchev–Trinajstić information content (AvgIpc) is 2.94. The van der Waals surface area contributed by atoms with Crippen LogP contribution in [0.5, 0.6) is 0 Å². The summed E-state index contributed by atoms with van der Waals surface area (Å²) in [4.78, 5) is 22.3. The number of rotatable bonds is 5. The van der Waals surface area contributed by atoms with E-state index in [2.05, 4.69) is 15.5 Å². The van der Waals surface area contributed by atoms with E-state index in [9.17, 15) is 14.9 Å². The molecular formula is C12H16N6O3. The Morgan fingerprint density at radius 3 is 2.71 bits per heavy atom. The van der Waals surface area contributed by atoms with E-state index in [4.69, 9.17) is 0 Å². The van der Waals surface area contributed by atoms with E-state index in [0.717, 1.165) is 10.4 Å². The van der Waals surface area contributed by atoms with Crippen LogP contribution >= 0.6 is 0 Å². The van der Waals surface area contributed by atoms with Gasteiger partial charge in [0.1, 0.15) is 0 Å². The summed E-state index contributed by atoms with van der Waals surface area (Å²) in [6, 6.07) is 1.33. The number of carbonyl (C=O) groups is 1. The minimum Gasteiger partial charge on any atom is -0.358 e. The second-order valence-corrected chi connectivity index (χ2v) is 4.57. The Balaban J connectivity index is 2.11. The van der Waals surface area contributed by atoms with E-state index < -0.39 is 4.92 Å². The number of aryl methyl sites for hydroxylation is 2. The van der Waals surface area contributed by atoms with Gasteiger partial charge >= 0.3 is 5.82 Å². The molecule has 0 unspecified atom stereocenters. The quantitative estimate of drug-likeness (QED) is 0.659. The lowest BCUT2D eigenvalue weighted by Gasteiger charge is -2.04. The molecule has 0 saturated heterocycles. The first-order valence-corrected chi connectivity index (χ1v) is 6.43. The predicted molar refractivity (Wildman–Crippen MR) is 74.9 cm³/mol. The molecule has 0 atom stereocenters. The van der Waals surface area contributed by atoms with Crippen LogP contribution in [-0.2, 0) is 17.9 Å². The van der Waals surface area contributed by atoms with Crippen LogP contribution in [0, 0.1) is 24.0 Å². The molecule has 2 rings (SSSR count). The molecule has 9 nitrogen and oxygen atoms in total. The first-order valence-electron chi connectivity index (χ1n) is 6.43. The van der Waals surface area contributed by atoms with Gasteiger partial charge in [-0.05, 0) is 25.7 Å². The van der Waals surface area contributed by atoms with Crippen molar-refractivity contribution in [3.05, 3.63) is 33.8 Å². The molecule has 0 radical (unpaired) electrons. The third-order valence-electron chi connectivity index (χ3n) is 3.04. The minimum atomic E-state index is -0.562. The standard InChI is InChI=1S/C12H16N6O3/c1-4-16-9(3)10(6-13-16)14-11(19)7-17-12(18(20)21)5-8(2)15-17/h5-6H,4,7H2,1-3H3,(H,14,19). The number of aromatic nitrogens is 4. The number of nitrogens with one attached hydrogen (secondary N) is 1. The lowest BCUT2D eigenvalue weighted by Crippen LogP contribution is -2.20. The minimum absolute atomic E-state index is 0.205. The number of hydrogen-bond acceptors (Lipinski definition) is 5. The van der Waals surface area contributed by atoms with E-state index in [1.165, 1.54) is 6.07 Å². The number of nitro groups is 1. The molecule has 2 aromatic rings. The summed E-state index contributed by atoms with van der Waals surface area (Å²) in [6.07, 6.45) is 1.56. The molecular weight excluding hydrogens is 276 g/mol. The fourth-order valence-corrected chi connectivity index (χ4v) is 2.01. The third-order valence-corrected chi connectivity index (χ3v) is 3.04. The monoisotopic (exact) mass is 292 g/mol. The van der Waals surface area contributed by atoms with Crippen LogP contribution in [0.3, 0.4) is 0 Å². The Bertz CT molecular complexity index is 687. The third kappa shape index (κ3) is 3.07. The van der Waals surface area contributed by atoms with Gasteiger partial charge in [0.2, 0.25) is 0 Å². The zero-order valence-electron chi connectivity index (χ0n) is 12.0. The summed E-state index contributed by atoms with van der Waals surface area (Å²) in [5, 5.41) is 21.6. The molecule has 112 valence electrons. The number of nitrogens with zero attached hydrogens (tertiary/aromatic N) is 5. The summed E-state index contributed by atoms with van der Waals surface area (Å²) in [5.74, 6) is -0.594. The highest BCUT2D eigenvalue weighted by Gasteiger charge is 2.20. The maximum Gasteiger partial charge on any atom is 0.345 e. The highest BCUT2D eigenvalue weighted by atomic mass is 16.6. The van der Waals surface area contributed by atoms with Crippen molar-refractivity contribution in [3.8, 4) is 0 Å². The van der Waals surface area contributed by atoms with Crippen molar-refractivity contribution in [3.63, 3.8) is 0 Å². The van der Waals surface area contributed by atoms with Gasteiger partial charge in [-0.3, -0.25) is 9.48 Å². The molecule has 0 aliphatic carbocycles. The van der Waals surface area contributed by atoms with Crippen molar-refractivity contribution in [2.75, 3.05) is 5.32 Å². The second kappa shape index (κ2) is 5.73. The van der Waals surface area contributed by atoms with Crippen LogP contribution < -0.4 is 5.32 Å². The van der Waals surface area contributed by atoms with Gasteiger partial charge in [0.15, 0.2) is 6.54 Å². The highest BCUT2D eigenvalue weighted by Crippen LogP contribution is 2.15. The summed E-state index contributed by atoms with van der Waals surface area (Å²) in [6.45, 7) is 5.90. The SMILES string of the molecule is CCn1ncc(NC(=O)Cn2nc(C)cc2[N+](=O)[O-])c1C. The van der Waals surface area contributed by atoms with Crippen LogP contribution in [0.4, 0.5) is 11.5 Å². The van der Waals surface area contributed by atoms with E-state index >= 15 is 0 Å². The molecule has 9 heteroatoms. The Morgan fingerprint density at radius 2 is 2.14 bits per heavy atom. The van der Waals surface area contributed by atoms with E-state index in [0.29, 0.717) is 17.9 Å². The van der Waals surface area contributed by atoms with Crippen molar-refractivity contribution < 1.29 is 9.72 Å². The summed E-state index contributed by atoms with van der Waals surface area (Å²) < 4.78 is 2.82. The van der Waals surface area contributed by atoms with Gasteiger partial charge in [-0.25, -0.2) is 0 Å². The van der Waals surface area contributed by atoms with Gasteiger partial charge in [0.05, 0.1) is 29.3 Å². The van der Waals surface area contributed by atoms with Gasteiger partial charge in [-0.2, -0.15) is 5.10 Å². The fraction of sp³-hybridized carbons (Fsp3) is 0.417. The largest absolute Gasteiger partial charge is 0.358 e. The van der Waals surface area contributed by atoms with Gasteiger partial charge in [-0.1, -0.05) is 5.10 Å². The van der Waals surface area contributed by atoms with Gasteiger partial charge in [-0.15, -0.1) is 4.68 Å². The average molecular weight is 292 g/mol. The van der Waals surface area contributed by atoms with Crippen molar-refractivity contribution in [2.24, 2.45) is 0 Å². The van der Waals surface area contributed by atoms with Gasteiger partial charge in [0, 0.05) is 6.54 Å². The predicted octanol–water partition coefficient (Wildman–Crippen LogP) is 1.26. The van der Waals surface area contributed by atoms with Crippen molar-refractivity contribution in [2.45, 2.75) is 33.9 Å². The highest BCUT2D eigenvalue weighted by molar-refractivity contribution is 5.91. The van der Waals surface area contributed by atoms with E-state index in [-0.39, 0.29) is 18.3 Å². The van der Waals surface area contributed by atoms with Crippen molar-refractivity contribution in [1.82, 2.24) is 19.6 Å². The molecule has 0 aliphatic rings.